The number of rotatable bonds is 5. The lowest BCUT2D eigenvalue weighted by molar-refractivity contribution is -0.132. The van der Waals surface area contributed by atoms with Gasteiger partial charge in [-0.15, -0.1) is 0 Å². The number of nitrogens with zero attached hydrogens (tertiary/aromatic N) is 1. The van der Waals surface area contributed by atoms with Crippen molar-refractivity contribution in [2.45, 2.75) is 50.2 Å². The molecule has 4 heteroatoms. The van der Waals surface area contributed by atoms with Crippen LogP contribution in [0.5, 0.6) is 0 Å². The molecule has 2 N–H and O–H groups in total. The molecule has 2 fully saturated rings. The van der Waals surface area contributed by atoms with E-state index in [1.807, 2.05) is 6.07 Å². The zero-order chi connectivity index (χ0) is 14.7. The van der Waals surface area contributed by atoms with Gasteiger partial charge in [-0.05, 0) is 63.3 Å². The Labute approximate surface area is 126 Å². The van der Waals surface area contributed by atoms with E-state index in [9.17, 15) is 4.39 Å². The van der Waals surface area contributed by atoms with Crippen molar-refractivity contribution < 1.29 is 9.13 Å². The Balaban J connectivity index is 1.77. The molecule has 1 saturated carbocycles. The molecule has 1 heterocycles. The van der Waals surface area contributed by atoms with Gasteiger partial charge < -0.3 is 15.4 Å². The smallest absolute Gasteiger partial charge is 0.125 e. The van der Waals surface area contributed by atoms with Gasteiger partial charge in [0.25, 0.3) is 0 Å². The standard InChI is InChI=1S/C17H25FN2O/c18-14-4-1-5-15(12-14)20(10-3-9-19)16-6-11-21-17(13-16)7-2-8-17/h1,4-5,12,16H,2-3,6-11,13,19H2. The molecule has 0 radical (unpaired) electrons. The second kappa shape index (κ2) is 6.32. The summed E-state index contributed by atoms with van der Waals surface area (Å²) in [6.07, 6.45) is 6.64. The lowest BCUT2D eigenvalue weighted by Gasteiger charge is -2.50. The summed E-state index contributed by atoms with van der Waals surface area (Å²) in [5, 5.41) is 0. The number of hydrogen-bond acceptors (Lipinski definition) is 3. The Morgan fingerprint density at radius 2 is 2.24 bits per heavy atom. The molecule has 116 valence electrons. The van der Waals surface area contributed by atoms with Crippen molar-refractivity contribution >= 4 is 5.69 Å². The molecular formula is C17H25FN2O. The van der Waals surface area contributed by atoms with Gasteiger partial charge in [-0.2, -0.15) is 0 Å². The molecule has 1 atom stereocenters. The minimum atomic E-state index is -0.171. The molecule has 1 saturated heterocycles. The average Bonchev–Trinajstić information content (AvgIpc) is 2.46. The van der Waals surface area contributed by atoms with Crippen molar-refractivity contribution in [2.75, 3.05) is 24.6 Å². The van der Waals surface area contributed by atoms with E-state index >= 15 is 0 Å². The minimum absolute atomic E-state index is 0.108. The maximum Gasteiger partial charge on any atom is 0.125 e. The molecule has 0 amide bonds. The van der Waals surface area contributed by atoms with E-state index in [1.165, 1.54) is 25.3 Å². The van der Waals surface area contributed by atoms with Crippen LogP contribution < -0.4 is 10.6 Å². The number of hydrogen-bond donors (Lipinski definition) is 1. The van der Waals surface area contributed by atoms with Crippen LogP contribution in [0.2, 0.25) is 0 Å². The quantitative estimate of drug-likeness (QED) is 0.906. The zero-order valence-corrected chi connectivity index (χ0v) is 12.6. The highest BCUT2D eigenvalue weighted by atomic mass is 19.1. The van der Waals surface area contributed by atoms with Crippen LogP contribution in [0.25, 0.3) is 0 Å². The first-order chi connectivity index (χ1) is 10.2. The van der Waals surface area contributed by atoms with Crippen LogP contribution in [0, 0.1) is 5.82 Å². The predicted octanol–water partition coefficient (Wildman–Crippen LogP) is 3.08. The van der Waals surface area contributed by atoms with Crippen molar-refractivity contribution in [1.82, 2.24) is 0 Å². The Morgan fingerprint density at radius 1 is 1.38 bits per heavy atom. The van der Waals surface area contributed by atoms with E-state index in [4.69, 9.17) is 10.5 Å². The fraction of sp³-hybridized carbons (Fsp3) is 0.647. The fourth-order valence-corrected chi connectivity index (χ4v) is 3.63. The third-order valence-electron chi connectivity index (χ3n) is 4.92. The van der Waals surface area contributed by atoms with Gasteiger partial charge in [-0.1, -0.05) is 6.07 Å². The zero-order valence-electron chi connectivity index (χ0n) is 12.6. The van der Waals surface area contributed by atoms with Crippen molar-refractivity contribution in [3.05, 3.63) is 30.1 Å². The maximum absolute atomic E-state index is 13.6. The molecule has 3 rings (SSSR count). The Morgan fingerprint density at radius 3 is 2.90 bits per heavy atom. The van der Waals surface area contributed by atoms with Crippen LogP contribution in [-0.4, -0.2) is 31.3 Å². The maximum atomic E-state index is 13.6. The van der Waals surface area contributed by atoms with E-state index in [-0.39, 0.29) is 11.4 Å². The number of anilines is 1. The molecule has 1 spiro atoms. The molecule has 3 nitrogen and oxygen atoms in total. The summed E-state index contributed by atoms with van der Waals surface area (Å²) in [5.74, 6) is -0.171. The minimum Gasteiger partial charge on any atom is -0.375 e. The van der Waals surface area contributed by atoms with Crippen molar-refractivity contribution in [2.24, 2.45) is 5.73 Å². The van der Waals surface area contributed by atoms with Crippen LogP contribution >= 0.6 is 0 Å². The first-order valence-electron chi connectivity index (χ1n) is 8.09. The summed E-state index contributed by atoms with van der Waals surface area (Å²) in [4.78, 5) is 2.35. The lowest BCUT2D eigenvalue weighted by Crippen LogP contribution is -2.52. The molecule has 0 bridgehead atoms. The molecule has 1 aliphatic carbocycles. The summed E-state index contributed by atoms with van der Waals surface area (Å²) < 4.78 is 19.6. The first kappa shape index (κ1) is 14.8. The van der Waals surface area contributed by atoms with Gasteiger partial charge in [-0.3, -0.25) is 0 Å². The van der Waals surface area contributed by atoms with Gasteiger partial charge in [0.05, 0.1) is 5.60 Å². The average molecular weight is 292 g/mol. The van der Waals surface area contributed by atoms with E-state index in [0.717, 1.165) is 38.1 Å². The van der Waals surface area contributed by atoms with Gasteiger partial charge >= 0.3 is 0 Å². The van der Waals surface area contributed by atoms with Crippen LogP contribution in [0.1, 0.15) is 38.5 Å². The Kier molecular flexibility index (Phi) is 4.45. The fourth-order valence-electron chi connectivity index (χ4n) is 3.63. The molecule has 0 aromatic heterocycles. The topological polar surface area (TPSA) is 38.5 Å². The molecule has 21 heavy (non-hydrogen) atoms. The number of ether oxygens (including phenoxy) is 1. The summed E-state index contributed by atoms with van der Waals surface area (Å²) in [7, 11) is 0. The third kappa shape index (κ3) is 3.22. The molecule has 1 aliphatic heterocycles. The normalized spacial score (nSPS) is 23.8. The number of halogens is 1. The van der Waals surface area contributed by atoms with Crippen molar-refractivity contribution in [1.29, 1.82) is 0 Å². The summed E-state index contributed by atoms with van der Waals surface area (Å²) in [5.41, 5.74) is 6.76. The van der Waals surface area contributed by atoms with E-state index in [1.54, 1.807) is 12.1 Å². The largest absolute Gasteiger partial charge is 0.375 e. The Bertz CT molecular complexity index is 476. The second-order valence-corrected chi connectivity index (χ2v) is 6.35. The van der Waals surface area contributed by atoms with Crippen molar-refractivity contribution in [3.8, 4) is 0 Å². The van der Waals surface area contributed by atoms with Crippen LogP contribution in [0.4, 0.5) is 10.1 Å². The van der Waals surface area contributed by atoms with Crippen LogP contribution in [0.3, 0.4) is 0 Å². The summed E-state index contributed by atoms with van der Waals surface area (Å²) >= 11 is 0. The number of benzene rings is 1. The highest BCUT2D eigenvalue weighted by Crippen LogP contribution is 2.44. The van der Waals surface area contributed by atoms with Gasteiger partial charge in [0.1, 0.15) is 5.82 Å². The van der Waals surface area contributed by atoms with Crippen LogP contribution in [0.15, 0.2) is 24.3 Å². The van der Waals surface area contributed by atoms with E-state index in [2.05, 4.69) is 4.90 Å². The third-order valence-corrected chi connectivity index (χ3v) is 4.92. The molecule has 1 aromatic carbocycles. The number of nitrogens with two attached hydrogens (primary N) is 1. The molecular weight excluding hydrogens is 267 g/mol. The highest BCUT2D eigenvalue weighted by Gasteiger charge is 2.43. The first-order valence-corrected chi connectivity index (χ1v) is 8.09. The molecule has 1 unspecified atom stereocenters. The highest BCUT2D eigenvalue weighted by molar-refractivity contribution is 5.47. The predicted molar refractivity (Wildman–Crippen MR) is 83.0 cm³/mol. The lowest BCUT2D eigenvalue weighted by atomic mass is 9.73. The van der Waals surface area contributed by atoms with Gasteiger partial charge in [0.2, 0.25) is 0 Å². The SMILES string of the molecule is NCCCN(c1cccc(F)c1)C1CCOC2(CCC2)C1. The van der Waals surface area contributed by atoms with Gasteiger partial charge in [-0.25, -0.2) is 4.39 Å². The second-order valence-electron chi connectivity index (χ2n) is 6.35. The molecule has 1 aromatic rings. The van der Waals surface area contributed by atoms with E-state index in [0.29, 0.717) is 12.6 Å². The van der Waals surface area contributed by atoms with Gasteiger partial charge in [0, 0.05) is 24.9 Å². The summed E-state index contributed by atoms with van der Waals surface area (Å²) in [6.45, 7) is 2.37. The Hall–Kier alpha value is -1.13. The molecule has 2 aliphatic rings. The van der Waals surface area contributed by atoms with E-state index < -0.39 is 0 Å². The van der Waals surface area contributed by atoms with Gasteiger partial charge in [0.15, 0.2) is 0 Å². The summed E-state index contributed by atoms with van der Waals surface area (Å²) in [6, 6.07) is 7.37. The van der Waals surface area contributed by atoms with Crippen molar-refractivity contribution in [3.63, 3.8) is 0 Å². The monoisotopic (exact) mass is 292 g/mol. The van der Waals surface area contributed by atoms with Crippen LogP contribution in [-0.2, 0) is 4.74 Å².